The maximum absolute atomic E-state index is 14.1. The number of rotatable bonds is 4. The van der Waals surface area contributed by atoms with E-state index in [0.29, 0.717) is 12.3 Å². The molecule has 1 aromatic carbocycles. The molecule has 1 heterocycles. The smallest absolute Gasteiger partial charge is 0.150 e. The molecule has 0 bridgehead atoms. The summed E-state index contributed by atoms with van der Waals surface area (Å²) in [5.41, 5.74) is 1.91. The third kappa shape index (κ3) is 2.61. The second-order valence-electron chi connectivity index (χ2n) is 5.61. The van der Waals surface area contributed by atoms with Gasteiger partial charge in [0.05, 0.1) is 12.3 Å². The molecule has 2 rings (SSSR count). The highest BCUT2D eigenvalue weighted by Gasteiger charge is 2.26. The first-order valence-electron chi connectivity index (χ1n) is 6.50. The molecule has 0 aliphatic carbocycles. The van der Waals surface area contributed by atoms with E-state index in [1.165, 1.54) is 12.1 Å². The van der Waals surface area contributed by atoms with Crippen molar-refractivity contribution in [3.05, 3.63) is 53.4 Å². The van der Waals surface area contributed by atoms with Crippen LogP contribution < -0.4 is 0 Å². The lowest BCUT2D eigenvalue weighted by Gasteiger charge is -2.26. The molecule has 2 nitrogen and oxygen atoms in total. The van der Waals surface area contributed by atoms with Crippen molar-refractivity contribution in [2.75, 3.05) is 13.7 Å². The fourth-order valence-electron chi connectivity index (χ4n) is 2.48. The van der Waals surface area contributed by atoms with E-state index in [4.69, 9.17) is 4.74 Å². The van der Waals surface area contributed by atoms with Crippen LogP contribution in [0.3, 0.4) is 0 Å². The van der Waals surface area contributed by atoms with Crippen molar-refractivity contribution in [3.8, 4) is 5.69 Å². The van der Waals surface area contributed by atoms with E-state index in [1.54, 1.807) is 7.11 Å². The van der Waals surface area contributed by atoms with Gasteiger partial charge in [-0.25, -0.2) is 8.78 Å². The van der Waals surface area contributed by atoms with Gasteiger partial charge in [0.2, 0.25) is 0 Å². The maximum Gasteiger partial charge on any atom is 0.150 e. The third-order valence-electron chi connectivity index (χ3n) is 3.43. The van der Waals surface area contributed by atoms with Crippen molar-refractivity contribution in [1.29, 1.82) is 0 Å². The fourth-order valence-corrected chi connectivity index (χ4v) is 2.48. The van der Waals surface area contributed by atoms with Gasteiger partial charge in [-0.05, 0) is 31.2 Å². The van der Waals surface area contributed by atoms with Crippen molar-refractivity contribution in [2.45, 2.75) is 26.2 Å². The van der Waals surface area contributed by atoms with Crippen LogP contribution in [0.4, 0.5) is 8.78 Å². The lowest BCUT2D eigenvalue weighted by Crippen LogP contribution is -2.27. The quantitative estimate of drug-likeness (QED) is 0.825. The number of aromatic nitrogens is 1. The number of benzene rings is 1. The van der Waals surface area contributed by atoms with Crippen LogP contribution in [0.25, 0.3) is 5.69 Å². The first-order chi connectivity index (χ1) is 9.36. The minimum absolute atomic E-state index is 0.274. The summed E-state index contributed by atoms with van der Waals surface area (Å²) in [6.45, 7) is 6.47. The molecule has 0 N–H and O–H groups in total. The molecule has 0 saturated heterocycles. The lowest BCUT2D eigenvalue weighted by molar-refractivity contribution is 0.144. The summed E-state index contributed by atoms with van der Waals surface area (Å²) >= 11 is 0. The Kier molecular flexibility index (Phi) is 3.95. The van der Waals surface area contributed by atoms with Crippen molar-refractivity contribution in [3.63, 3.8) is 0 Å². The minimum Gasteiger partial charge on any atom is -0.384 e. The van der Waals surface area contributed by atoms with Gasteiger partial charge in [-0.1, -0.05) is 13.8 Å². The first kappa shape index (κ1) is 14.7. The van der Waals surface area contributed by atoms with Gasteiger partial charge >= 0.3 is 0 Å². The molecule has 0 atom stereocenters. The number of nitrogens with zero attached hydrogens (tertiary/aromatic N) is 1. The van der Waals surface area contributed by atoms with Crippen LogP contribution in [-0.4, -0.2) is 18.3 Å². The third-order valence-corrected chi connectivity index (χ3v) is 3.43. The molecule has 20 heavy (non-hydrogen) atoms. The van der Waals surface area contributed by atoms with E-state index in [1.807, 2.05) is 37.5 Å². The van der Waals surface area contributed by atoms with E-state index in [0.717, 1.165) is 17.5 Å². The Labute approximate surface area is 118 Å². The Morgan fingerprint density at radius 2 is 1.85 bits per heavy atom. The highest BCUT2D eigenvalue weighted by atomic mass is 19.1. The monoisotopic (exact) mass is 279 g/mol. The molecule has 0 spiro atoms. The van der Waals surface area contributed by atoms with E-state index in [-0.39, 0.29) is 5.41 Å². The molecule has 2 aromatic rings. The zero-order valence-electron chi connectivity index (χ0n) is 12.2. The van der Waals surface area contributed by atoms with Crippen LogP contribution in [0.5, 0.6) is 0 Å². The van der Waals surface area contributed by atoms with Crippen LogP contribution in [0.15, 0.2) is 30.3 Å². The normalized spacial score (nSPS) is 11.9. The Morgan fingerprint density at radius 3 is 2.45 bits per heavy atom. The summed E-state index contributed by atoms with van der Waals surface area (Å²) in [7, 11) is 1.64. The number of methoxy groups -OCH3 is 1. The summed E-state index contributed by atoms with van der Waals surface area (Å²) in [6, 6.07) is 7.52. The SMILES string of the molecule is COCC(C)(C)c1ccc(C)n1-c1ccc(F)cc1F. The Bertz CT molecular complexity index is 617. The molecular weight excluding hydrogens is 260 g/mol. The van der Waals surface area contributed by atoms with E-state index < -0.39 is 11.6 Å². The summed E-state index contributed by atoms with van der Waals surface area (Å²) < 4.78 is 34.2. The summed E-state index contributed by atoms with van der Waals surface area (Å²) in [5.74, 6) is -1.15. The van der Waals surface area contributed by atoms with E-state index in [9.17, 15) is 8.78 Å². The van der Waals surface area contributed by atoms with E-state index >= 15 is 0 Å². The summed E-state index contributed by atoms with van der Waals surface area (Å²) in [4.78, 5) is 0. The molecule has 0 saturated carbocycles. The molecule has 0 unspecified atom stereocenters. The standard InChI is InChI=1S/C16H19F2NO/c1-11-5-8-15(16(2,3)10-20-4)19(11)14-7-6-12(17)9-13(14)18/h5-9H,10H2,1-4H3. The van der Waals surface area contributed by atoms with Gasteiger partial charge in [0, 0.05) is 30.0 Å². The largest absolute Gasteiger partial charge is 0.384 e. The Balaban J connectivity index is 2.60. The average molecular weight is 279 g/mol. The Morgan fingerprint density at radius 1 is 1.15 bits per heavy atom. The van der Waals surface area contributed by atoms with Gasteiger partial charge in [-0.2, -0.15) is 0 Å². The van der Waals surface area contributed by atoms with Crippen LogP contribution in [0.1, 0.15) is 25.2 Å². The molecule has 0 aliphatic rings. The van der Waals surface area contributed by atoms with Gasteiger partial charge in [0.15, 0.2) is 0 Å². The Hall–Kier alpha value is -1.68. The van der Waals surface area contributed by atoms with Gasteiger partial charge in [-0.3, -0.25) is 0 Å². The number of halogens is 2. The van der Waals surface area contributed by atoms with Crippen molar-refractivity contribution >= 4 is 0 Å². The number of ether oxygens (including phenoxy) is 1. The maximum atomic E-state index is 14.1. The highest BCUT2D eigenvalue weighted by molar-refractivity contribution is 5.41. The lowest BCUT2D eigenvalue weighted by atomic mass is 9.90. The predicted octanol–water partition coefficient (Wildman–Crippen LogP) is 3.99. The van der Waals surface area contributed by atoms with Crippen molar-refractivity contribution in [1.82, 2.24) is 4.57 Å². The van der Waals surface area contributed by atoms with Gasteiger partial charge in [0.1, 0.15) is 11.6 Å². The zero-order chi connectivity index (χ0) is 14.9. The van der Waals surface area contributed by atoms with Crippen LogP contribution in [0.2, 0.25) is 0 Å². The van der Waals surface area contributed by atoms with E-state index in [2.05, 4.69) is 0 Å². The highest BCUT2D eigenvalue weighted by Crippen LogP contribution is 2.29. The van der Waals surface area contributed by atoms with Crippen LogP contribution in [0, 0.1) is 18.6 Å². The molecule has 0 aliphatic heterocycles. The van der Waals surface area contributed by atoms with Crippen LogP contribution in [-0.2, 0) is 10.2 Å². The second-order valence-corrected chi connectivity index (χ2v) is 5.61. The molecule has 0 fully saturated rings. The second kappa shape index (κ2) is 5.37. The fraction of sp³-hybridized carbons (Fsp3) is 0.375. The predicted molar refractivity (Wildman–Crippen MR) is 75.3 cm³/mol. The summed E-state index contributed by atoms with van der Waals surface area (Å²) in [6.07, 6.45) is 0. The average Bonchev–Trinajstić information content (AvgIpc) is 2.72. The van der Waals surface area contributed by atoms with Gasteiger partial charge < -0.3 is 9.30 Å². The van der Waals surface area contributed by atoms with Crippen molar-refractivity contribution < 1.29 is 13.5 Å². The van der Waals surface area contributed by atoms with Gasteiger partial charge in [-0.15, -0.1) is 0 Å². The van der Waals surface area contributed by atoms with Gasteiger partial charge in [0.25, 0.3) is 0 Å². The van der Waals surface area contributed by atoms with Crippen LogP contribution >= 0.6 is 0 Å². The zero-order valence-corrected chi connectivity index (χ0v) is 12.2. The molecule has 0 amide bonds. The molecule has 108 valence electrons. The number of hydrogen-bond donors (Lipinski definition) is 0. The molecule has 4 heteroatoms. The minimum atomic E-state index is -0.575. The first-order valence-corrected chi connectivity index (χ1v) is 6.50. The molecule has 1 aromatic heterocycles. The van der Waals surface area contributed by atoms with Crippen molar-refractivity contribution in [2.24, 2.45) is 0 Å². The summed E-state index contributed by atoms with van der Waals surface area (Å²) in [5, 5.41) is 0. The number of hydrogen-bond acceptors (Lipinski definition) is 1. The topological polar surface area (TPSA) is 14.2 Å². The molecular formula is C16H19F2NO. The number of aryl methyl sites for hydroxylation is 1. The molecule has 0 radical (unpaired) electrons.